The second kappa shape index (κ2) is 7.49. The highest BCUT2D eigenvalue weighted by Crippen LogP contribution is 2.13. The van der Waals surface area contributed by atoms with Gasteiger partial charge in [0, 0.05) is 43.9 Å². The van der Waals surface area contributed by atoms with E-state index in [9.17, 15) is 9.59 Å². The molecule has 0 bridgehead atoms. The molecule has 1 heterocycles. The average Bonchev–Trinajstić information content (AvgIpc) is 2.67. The minimum absolute atomic E-state index is 0.00556. The van der Waals surface area contributed by atoms with Crippen LogP contribution < -0.4 is 5.73 Å². The third-order valence-electron chi connectivity index (χ3n) is 4.59. The van der Waals surface area contributed by atoms with E-state index in [2.05, 4.69) is 0 Å². The lowest BCUT2D eigenvalue weighted by atomic mass is 10.1. The van der Waals surface area contributed by atoms with Crippen LogP contribution in [0, 0.1) is 6.92 Å². The zero-order valence-corrected chi connectivity index (χ0v) is 14.4. The van der Waals surface area contributed by atoms with Gasteiger partial charge in [-0.2, -0.15) is 0 Å². The summed E-state index contributed by atoms with van der Waals surface area (Å²) < 4.78 is 0. The highest BCUT2D eigenvalue weighted by Gasteiger charge is 2.25. The molecule has 0 radical (unpaired) electrons. The van der Waals surface area contributed by atoms with Crippen molar-refractivity contribution in [3.05, 3.63) is 70.8 Å². The number of aryl methyl sites for hydroxylation is 1. The van der Waals surface area contributed by atoms with Crippen molar-refractivity contribution in [1.29, 1.82) is 0 Å². The summed E-state index contributed by atoms with van der Waals surface area (Å²) in [4.78, 5) is 28.7. The van der Waals surface area contributed by atoms with E-state index >= 15 is 0 Å². The highest BCUT2D eigenvalue weighted by atomic mass is 16.2. The van der Waals surface area contributed by atoms with E-state index in [1.54, 1.807) is 4.90 Å². The Kier molecular flexibility index (Phi) is 5.14. The molecule has 3 rings (SSSR count). The molecule has 1 fully saturated rings. The summed E-state index contributed by atoms with van der Waals surface area (Å²) in [7, 11) is 0. The second-order valence-electron chi connectivity index (χ2n) is 6.35. The third kappa shape index (κ3) is 3.88. The third-order valence-corrected chi connectivity index (χ3v) is 4.59. The lowest BCUT2D eigenvalue weighted by Crippen LogP contribution is -2.50. The van der Waals surface area contributed by atoms with Crippen molar-refractivity contribution in [3.8, 4) is 0 Å². The molecule has 5 nitrogen and oxygen atoms in total. The molecular formula is C20H23N3O2. The van der Waals surface area contributed by atoms with Crippen LogP contribution in [0.25, 0.3) is 0 Å². The maximum atomic E-state index is 12.6. The van der Waals surface area contributed by atoms with Crippen LogP contribution in [-0.2, 0) is 6.54 Å². The molecule has 1 saturated heterocycles. The number of piperazine rings is 1. The lowest BCUT2D eigenvalue weighted by molar-refractivity contribution is 0.0535. The Balaban J connectivity index is 1.60. The molecular weight excluding hydrogens is 314 g/mol. The number of rotatable bonds is 3. The van der Waals surface area contributed by atoms with Crippen molar-refractivity contribution < 1.29 is 9.59 Å². The molecule has 0 saturated carbocycles. The number of hydrogen-bond acceptors (Lipinski definition) is 3. The first-order valence-corrected chi connectivity index (χ1v) is 8.52. The van der Waals surface area contributed by atoms with E-state index in [1.807, 2.05) is 60.4 Å². The van der Waals surface area contributed by atoms with Gasteiger partial charge in [-0.15, -0.1) is 0 Å². The van der Waals surface area contributed by atoms with Crippen LogP contribution in [0.4, 0.5) is 0 Å². The van der Waals surface area contributed by atoms with Gasteiger partial charge in [0.15, 0.2) is 0 Å². The van der Waals surface area contributed by atoms with Gasteiger partial charge in [0.1, 0.15) is 0 Å². The molecule has 0 aromatic heterocycles. The number of nitrogens with zero attached hydrogens (tertiary/aromatic N) is 2. The number of amides is 2. The Bertz CT molecular complexity index is 746. The van der Waals surface area contributed by atoms with Crippen LogP contribution in [0.15, 0.2) is 48.5 Å². The Morgan fingerprint density at radius 2 is 1.20 bits per heavy atom. The Labute approximate surface area is 148 Å². The smallest absolute Gasteiger partial charge is 0.253 e. The number of carbonyl (C=O) groups is 2. The number of benzene rings is 2. The van der Waals surface area contributed by atoms with Gasteiger partial charge in [0.05, 0.1) is 0 Å². The van der Waals surface area contributed by atoms with Gasteiger partial charge in [0.2, 0.25) is 0 Å². The zero-order chi connectivity index (χ0) is 17.8. The average molecular weight is 337 g/mol. The first kappa shape index (κ1) is 17.2. The summed E-state index contributed by atoms with van der Waals surface area (Å²) in [6, 6.07) is 15.0. The molecule has 2 amide bonds. The number of hydrogen-bond donors (Lipinski definition) is 1. The maximum absolute atomic E-state index is 12.6. The standard InChI is InChI=1S/C20H23N3O2/c1-15-2-6-17(7-3-15)19(24)22-10-12-23(13-11-22)20(25)18-8-4-16(14-21)5-9-18/h2-9H,10-14,21H2,1H3. The van der Waals surface area contributed by atoms with Crippen LogP contribution in [0.2, 0.25) is 0 Å². The van der Waals surface area contributed by atoms with E-state index < -0.39 is 0 Å². The number of nitrogens with two attached hydrogens (primary N) is 1. The minimum atomic E-state index is 0.00556. The van der Waals surface area contributed by atoms with Crippen LogP contribution >= 0.6 is 0 Å². The van der Waals surface area contributed by atoms with Gasteiger partial charge >= 0.3 is 0 Å². The summed E-state index contributed by atoms with van der Waals surface area (Å²) in [6.07, 6.45) is 0. The summed E-state index contributed by atoms with van der Waals surface area (Å²) in [5, 5.41) is 0. The largest absolute Gasteiger partial charge is 0.335 e. The predicted molar refractivity (Wildman–Crippen MR) is 97.3 cm³/mol. The topological polar surface area (TPSA) is 66.6 Å². The fourth-order valence-electron chi connectivity index (χ4n) is 2.96. The van der Waals surface area contributed by atoms with Gasteiger partial charge in [-0.25, -0.2) is 0 Å². The molecule has 0 atom stereocenters. The summed E-state index contributed by atoms with van der Waals surface area (Å²) in [6.45, 7) is 4.68. The molecule has 2 N–H and O–H groups in total. The molecule has 0 aliphatic carbocycles. The van der Waals surface area contributed by atoms with Crippen LogP contribution in [0.5, 0.6) is 0 Å². The van der Waals surface area contributed by atoms with Crippen LogP contribution in [0.1, 0.15) is 31.8 Å². The summed E-state index contributed by atoms with van der Waals surface area (Å²) >= 11 is 0. The molecule has 1 aliphatic rings. The van der Waals surface area contributed by atoms with Crippen molar-refractivity contribution in [2.75, 3.05) is 26.2 Å². The monoisotopic (exact) mass is 337 g/mol. The molecule has 1 aliphatic heterocycles. The molecule has 25 heavy (non-hydrogen) atoms. The van der Waals surface area contributed by atoms with Gasteiger partial charge < -0.3 is 15.5 Å². The fourth-order valence-corrected chi connectivity index (χ4v) is 2.96. The SMILES string of the molecule is Cc1ccc(C(=O)N2CCN(C(=O)c3ccc(CN)cc3)CC2)cc1. The van der Waals surface area contributed by atoms with E-state index in [0.29, 0.717) is 43.9 Å². The van der Waals surface area contributed by atoms with Gasteiger partial charge in [-0.1, -0.05) is 29.8 Å². The van der Waals surface area contributed by atoms with Gasteiger partial charge in [-0.3, -0.25) is 9.59 Å². The predicted octanol–water partition coefficient (Wildman–Crippen LogP) is 2.05. The molecule has 5 heteroatoms. The summed E-state index contributed by atoms with van der Waals surface area (Å²) in [5.74, 6) is 0.0328. The van der Waals surface area contributed by atoms with E-state index in [1.165, 1.54) is 0 Å². The van der Waals surface area contributed by atoms with Crippen molar-refractivity contribution in [2.45, 2.75) is 13.5 Å². The Hall–Kier alpha value is -2.66. The molecule has 0 unspecified atom stereocenters. The van der Waals surface area contributed by atoms with Gasteiger partial charge in [0.25, 0.3) is 11.8 Å². The highest BCUT2D eigenvalue weighted by molar-refractivity contribution is 5.96. The quantitative estimate of drug-likeness (QED) is 0.932. The number of carbonyl (C=O) groups excluding carboxylic acids is 2. The fraction of sp³-hybridized carbons (Fsp3) is 0.300. The van der Waals surface area contributed by atoms with Gasteiger partial charge in [-0.05, 0) is 36.8 Å². The normalized spacial score (nSPS) is 14.5. The van der Waals surface area contributed by atoms with Crippen molar-refractivity contribution in [3.63, 3.8) is 0 Å². The van der Waals surface area contributed by atoms with Crippen LogP contribution in [-0.4, -0.2) is 47.8 Å². The van der Waals surface area contributed by atoms with E-state index in [0.717, 1.165) is 11.1 Å². The first-order valence-electron chi connectivity index (χ1n) is 8.52. The van der Waals surface area contributed by atoms with Crippen molar-refractivity contribution in [1.82, 2.24) is 9.80 Å². The van der Waals surface area contributed by atoms with Crippen molar-refractivity contribution >= 4 is 11.8 Å². The Morgan fingerprint density at radius 1 is 0.800 bits per heavy atom. The maximum Gasteiger partial charge on any atom is 0.253 e. The lowest BCUT2D eigenvalue weighted by Gasteiger charge is -2.35. The molecule has 2 aromatic carbocycles. The van der Waals surface area contributed by atoms with Crippen LogP contribution in [0.3, 0.4) is 0 Å². The molecule has 0 spiro atoms. The Morgan fingerprint density at radius 3 is 1.60 bits per heavy atom. The second-order valence-corrected chi connectivity index (χ2v) is 6.35. The molecule has 2 aromatic rings. The summed E-state index contributed by atoms with van der Waals surface area (Å²) in [5.41, 5.74) is 9.08. The minimum Gasteiger partial charge on any atom is -0.335 e. The molecule has 130 valence electrons. The van der Waals surface area contributed by atoms with Crippen molar-refractivity contribution in [2.24, 2.45) is 5.73 Å². The zero-order valence-electron chi connectivity index (χ0n) is 14.4. The van der Waals surface area contributed by atoms with E-state index in [4.69, 9.17) is 5.73 Å². The first-order chi connectivity index (χ1) is 12.1. The van der Waals surface area contributed by atoms with E-state index in [-0.39, 0.29) is 11.8 Å².